The molecule has 0 saturated carbocycles. The van der Waals surface area contributed by atoms with E-state index in [0.29, 0.717) is 13.0 Å². The van der Waals surface area contributed by atoms with Gasteiger partial charge in [0.2, 0.25) is 5.91 Å². The number of rotatable bonds is 8. The molecule has 1 amide bonds. The molecule has 0 spiro atoms. The molecular weight excluding hydrogens is 288 g/mol. The van der Waals surface area contributed by atoms with Gasteiger partial charge in [-0.1, -0.05) is 25.5 Å². The van der Waals surface area contributed by atoms with Gasteiger partial charge in [-0.05, 0) is 49.3 Å². The summed E-state index contributed by atoms with van der Waals surface area (Å²) in [6, 6.07) is 6.33. The molecule has 4 nitrogen and oxygen atoms in total. The average Bonchev–Trinajstić information content (AvgIpc) is 2.92. The minimum absolute atomic E-state index is 0.0629. The molecule has 23 heavy (non-hydrogen) atoms. The number of nitrogens with one attached hydrogen (secondary N) is 2. The van der Waals surface area contributed by atoms with E-state index in [1.807, 2.05) is 20.0 Å². The van der Waals surface area contributed by atoms with Crippen LogP contribution in [-0.2, 0) is 11.2 Å². The van der Waals surface area contributed by atoms with Crippen molar-refractivity contribution in [2.24, 2.45) is 5.41 Å². The number of aromatic nitrogens is 1. The fraction of sp³-hybridized carbons (Fsp3) is 0.526. The van der Waals surface area contributed by atoms with Gasteiger partial charge in [0.25, 0.3) is 0 Å². The molecule has 1 aromatic carbocycles. The van der Waals surface area contributed by atoms with E-state index >= 15 is 0 Å². The fourth-order valence-electron chi connectivity index (χ4n) is 2.71. The van der Waals surface area contributed by atoms with E-state index in [1.165, 1.54) is 16.5 Å². The second kappa shape index (κ2) is 7.64. The summed E-state index contributed by atoms with van der Waals surface area (Å²) in [4.78, 5) is 15.2. The van der Waals surface area contributed by atoms with E-state index in [1.54, 1.807) is 0 Å². The monoisotopic (exact) mass is 316 g/mol. The number of H-pyrrole nitrogens is 1. The molecule has 1 heterocycles. The van der Waals surface area contributed by atoms with Crippen LogP contribution in [0.2, 0.25) is 0 Å². The number of fused-ring (bicyclic) bond motifs is 1. The topological polar surface area (TPSA) is 65.1 Å². The van der Waals surface area contributed by atoms with E-state index in [4.69, 9.17) is 0 Å². The summed E-state index contributed by atoms with van der Waals surface area (Å²) >= 11 is 0. The molecule has 3 N–H and O–H groups in total. The van der Waals surface area contributed by atoms with Crippen LogP contribution in [0.1, 0.15) is 44.2 Å². The van der Waals surface area contributed by atoms with Crippen LogP contribution in [0, 0.1) is 12.3 Å². The Labute approximate surface area is 138 Å². The Morgan fingerprint density at radius 2 is 2.13 bits per heavy atom. The van der Waals surface area contributed by atoms with Crippen LogP contribution >= 0.6 is 0 Å². The first-order chi connectivity index (χ1) is 10.9. The normalized spacial score (nSPS) is 11.8. The van der Waals surface area contributed by atoms with Gasteiger partial charge in [-0.2, -0.15) is 0 Å². The highest BCUT2D eigenvalue weighted by molar-refractivity contribution is 5.84. The summed E-state index contributed by atoms with van der Waals surface area (Å²) in [5.74, 6) is 0.0915. The predicted octanol–water partition coefficient (Wildman–Crippen LogP) is 3.32. The van der Waals surface area contributed by atoms with E-state index in [2.05, 4.69) is 35.4 Å². The molecule has 126 valence electrons. The van der Waals surface area contributed by atoms with Gasteiger partial charge in [0.1, 0.15) is 0 Å². The van der Waals surface area contributed by atoms with Crippen LogP contribution in [0.25, 0.3) is 10.9 Å². The van der Waals surface area contributed by atoms with Crippen LogP contribution < -0.4 is 5.32 Å². The lowest BCUT2D eigenvalue weighted by Gasteiger charge is -2.21. The zero-order chi connectivity index (χ0) is 16.9. The van der Waals surface area contributed by atoms with Gasteiger partial charge in [-0.15, -0.1) is 0 Å². The maximum absolute atomic E-state index is 12.0. The maximum Gasteiger partial charge on any atom is 0.220 e. The zero-order valence-corrected chi connectivity index (χ0v) is 14.4. The van der Waals surface area contributed by atoms with Crippen LogP contribution in [0.15, 0.2) is 24.4 Å². The lowest BCUT2D eigenvalue weighted by Crippen LogP contribution is -2.26. The largest absolute Gasteiger partial charge is 0.396 e. The number of aromatic amines is 1. The summed E-state index contributed by atoms with van der Waals surface area (Å²) in [6.07, 6.45) is 5.06. The molecule has 1 aromatic heterocycles. The van der Waals surface area contributed by atoms with Crippen molar-refractivity contribution < 1.29 is 9.90 Å². The summed E-state index contributed by atoms with van der Waals surface area (Å²) in [5.41, 5.74) is 3.49. The van der Waals surface area contributed by atoms with Crippen molar-refractivity contribution in [2.45, 2.75) is 46.5 Å². The van der Waals surface area contributed by atoms with Gasteiger partial charge in [0.05, 0.1) is 0 Å². The van der Waals surface area contributed by atoms with Gasteiger partial charge in [-0.25, -0.2) is 0 Å². The van der Waals surface area contributed by atoms with E-state index < -0.39 is 0 Å². The number of hydrogen-bond donors (Lipinski definition) is 3. The lowest BCUT2D eigenvalue weighted by atomic mass is 9.89. The Morgan fingerprint density at radius 3 is 2.87 bits per heavy atom. The molecule has 0 unspecified atom stereocenters. The second-order valence-electron chi connectivity index (χ2n) is 7.14. The first kappa shape index (κ1) is 17.5. The predicted molar refractivity (Wildman–Crippen MR) is 94.5 cm³/mol. The molecular formula is C19H28N2O2. The zero-order valence-electron chi connectivity index (χ0n) is 14.4. The van der Waals surface area contributed by atoms with Gasteiger partial charge in [0, 0.05) is 36.7 Å². The Kier molecular flexibility index (Phi) is 5.83. The number of carbonyl (C=O) groups is 1. The number of aryl methyl sites for hydroxylation is 2. The highest BCUT2D eigenvalue weighted by Crippen LogP contribution is 2.21. The Bertz CT molecular complexity index is 658. The van der Waals surface area contributed by atoms with Crippen molar-refractivity contribution in [3.05, 3.63) is 35.5 Å². The third-order valence-corrected chi connectivity index (χ3v) is 4.32. The molecule has 2 aromatic rings. The van der Waals surface area contributed by atoms with Crippen molar-refractivity contribution in [1.29, 1.82) is 0 Å². The molecule has 0 fully saturated rings. The van der Waals surface area contributed by atoms with Gasteiger partial charge >= 0.3 is 0 Å². The summed E-state index contributed by atoms with van der Waals surface area (Å²) in [5, 5.41) is 13.4. The van der Waals surface area contributed by atoms with E-state index in [-0.39, 0.29) is 17.9 Å². The van der Waals surface area contributed by atoms with Crippen LogP contribution in [0.5, 0.6) is 0 Å². The van der Waals surface area contributed by atoms with E-state index in [0.717, 1.165) is 24.8 Å². The van der Waals surface area contributed by atoms with Crippen LogP contribution in [-0.4, -0.2) is 29.1 Å². The average molecular weight is 316 g/mol. The molecule has 0 aliphatic heterocycles. The Hall–Kier alpha value is -1.81. The number of hydrogen-bond acceptors (Lipinski definition) is 2. The summed E-state index contributed by atoms with van der Waals surface area (Å²) in [6.45, 7) is 7.01. The van der Waals surface area contributed by atoms with Crippen molar-refractivity contribution >= 4 is 16.8 Å². The van der Waals surface area contributed by atoms with Gasteiger partial charge < -0.3 is 15.4 Å². The standard InChI is InChI=1S/C19H28N2O2/c1-14-5-7-17-16(11-14)15(12-21-17)6-8-18(23)20-10-4-9-19(2,3)13-22/h5,7,11-12,21-22H,4,6,8-10,13H2,1-3H3,(H,20,23). The Balaban J connectivity index is 1.77. The third-order valence-electron chi connectivity index (χ3n) is 4.32. The lowest BCUT2D eigenvalue weighted by molar-refractivity contribution is -0.121. The number of amides is 1. The first-order valence-electron chi connectivity index (χ1n) is 8.35. The highest BCUT2D eigenvalue weighted by Gasteiger charge is 2.15. The number of aliphatic hydroxyl groups is 1. The molecule has 0 aliphatic carbocycles. The maximum atomic E-state index is 12.0. The number of carbonyl (C=O) groups excluding carboxylic acids is 1. The molecule has 0 bridgehead atoms. The number of aliphatic hydroxyl groups excluding tert-OH is 1. The first-order valence-corrected chi connectivity index (χ1v) is 8.35. The van der Waals surface area contributed by atoms with Crippen LogP contribution in [0.4, 0.5) is 0 Å². The Morgan fingerprint density at radius 1 is 1.35 bits per heavy atom. The number of benzene rings is 1. The minimum atomic E-state index is -0.0629. The minimum Gasteiger partial charge on any atom is -0.396 e. The van der Waals surface area contributed by atoms with Crippen molar-refractivity contribution in [3.8, 4) is 0 Å². The molecule has 2 rings (SSSR count). The van der Waals surface area contributed by atoms with Crippen molar-refractivity contribution in [2.75, 3.05) is 13.2 Å². The molecule has 0 atom stereocenters. The fourth-order valence-corrected chi connectivity index (χ4v) is 2.71. The summed E-state index contributed by atoms with van der Waals surface area (Å²) in [7, 11) is 0. The molecule has 0 radical (unpaired) electrons. The summed E-state index contributed by atoms with van der Waals surface area (Å²) < 4.78 is 0. The van der Waals surface area contributed by atoms with Crippen molar-refractivity contribution in [3.63, 3.8) is 0 Å². The second-order valence-corrected chi connectivity index (χ2v) is 7.14. The van der Waals surface area contributed by atoms with Gasteiger partial charge in [0.15, 0.2) is 0 Å². The molecule has 0 aliphatic rings. The third kappa shape index (κ3) is 5.10. The quantitative estimate of drug-likeness (QED) is 0.654. The molecule has 0 saturated heterocycles. The van der Waals surface area contributed by atoms with Gasteiger partial charge in [-0.3, -0.25) is 4.79 Å². The smallest absolute Gasteiger partial charge is 0.220 e. The van der Waals surface area contributed by atoms with Crippen molar-refractivity contribution in [1.82, 2.24) is 10.3 Å². The van der Waals surface area contributed by atoms with E-state index in [9.17, 15) is 9.90 Å². The van der Waals surface area contributed by atoms with Crippen LogP contribution in [0.3, 0.4) is 0 Å². The highest BCUT2D eigenvalue weighted by atomic mass is 16.3. The molecule has 4 heteroatoms. The SMILES string of the molecule is Cc1ccc2[nH]cc(CCC(=O)NCCCC(C)(C)CO)c2c1.